The number of aliphatic hydroxyl groups excluding tert-OH is 1. The van der Waals surface area contributed by atoms with Crippen LogP contribution >= 0.6 is 0 Å². The van der Waals surface area contributed by atoms with Gasteiger partial charge in [-0.25, -0.2) is 0 Å². The normalized spacial score (nSPS) is 20.1. The summed E-state index contributed by atoms with van der Waals surface area (Å²) >= 11 is 0. The van der Waals surface area contributed by atoms with E-state index in [1.165, 1.54) is 30.6 Å². The lowest BCUT2D eigenvalue weighted by Crippen LogP contribution is -2.39. The van der Waals surface area contributed by atoms with E-state index >= 15 is 0 Å². The maximum absolute atomic E-state index is 9.77. The maximum Gasteiger partial charge on any atom is 0.131 e. The lowest BCUT2D eigenvalue weighted by molar-refractivity contribution is 0.254. The summed E-state index contributed by atoms with van der Waals surface area (Å²) < 4.78 is 1.99. The van der Waals surface area contributed by atoms with Gasteiger partial charge < -0.3 is 15.3 Å². The van der Waals surface area contributed by atoms with Crippen LogP contribution in [0.2, 0.25) is 0 Å². The van der Waals surface area contributed by atoms with E-state index in [9.17, 15) is 5.11 Å². The third kappa shape index (κ3) is 3.77. The molecule has 0 amide bonds. The number of nitrogens with zero attached hydrogens (tertiary/aromatic N) is 3. The highest BCUT2D eigenvalue weighted by Crippen LogP contribution is 2.29. The molecule has 0 bridgehead atoms. The van der Waals surface area contributed by atoms with Crippen LogP contribution in [0, 0.1) is 6.92 Å². The van der Waals surface area contributed by atoms with Crippen molar-refractivity contribution in [3.63, 3.8) is 0 Å². The van der Waals surface area contributed by atoms with Crippen molar-refractivity contribution < 1.29 is 5.11 Å². The number of nitrogens with one attached hydrogen (secondary N) is 1. The molecule has 1 aliphatic heterocycles. The van der Waals surface area contributed by atoms with Gasteiger partial charge in [0.25, 0.3) is 0 Å². The molecule has 1 aromatic heterocycles. The molecule has 1 aliphatic rings. The molecule has 0 spiro atoms. The third-order valence-electron chi connectivity index (χ3n) is 4.36. The average Bonchev–Trinajstić information content (AvgIpc) is 2.62. The summed E-state index contributed by atoms with van der Waals surface area (Å²) in [5, 5.41) is 17.9. The van der Waals surface area contributed by atoms with Crippen LogP contribution in [0.1, 0.15) is 50.8 Å². The van der Waals surface area contributed by atoms with Gasteiger partial charge in [0.15, 0.2) is 0 Å². The van der Waals surface area contributed by atoms with E-state index in [1.807, 2.05) is 11.7 Å². The van der Waals surface area contributed by atoms with Crippen molar-refractivity contribution in [2.75, 3.05) is 18.1 Å². The minimum atomic E-state index is 0.222. The average molecular weight is 294 g/mol. The van der Waals surface area contributed by atoms with Crippen molar-refractivity contribution in [1.82, 2.24) is 15.1 Å². The van der Waals surface area contributed by atoms with Gasteiger partial charge in [0, 0.05) is 31.7 Å². The Morgan fingerprint density at radius 2 is 2.10 bits per heavy atom. The lowest BCUT2D eigenvalue weighted by atomic mass is 10.1. The zero-order valence-corrected chi connectivity index (χ0v) is 13.9. The van der Waals surface area contributed by atoms with Crippen molar-refractivity contribution in [2.45, 2.75) is 65.1 Å². The van der Waals surface area contributed by atoms with Gasteiger partial charge in [-0.15, -0.1) is 0 Å². The molecule has 1 atom stereocenters. The molecule has 1 unspecified atom stereocenters. The molecule has 2 heterocycles. The fourth-order valence-electron chi connectivity index (χ4n) is 3.21. The highest BCUT2D eigenvalue weighted by molar-refractivity contribution is 5.51. The zero-order valence-electron chi connectivity index (χ0n) is 13.9. The van der Waals surface area contributed by atoms with E-state index in [-0.39, 0.29) is 12.6 Å². The van der Waals surface area contributed by atoms with E-state index < -0.39 is 0 Å². The monoisotopic (exact) mass is 294 g/mol. The quantitative estimate of drug-likeness (QED) is 0.872. The van der Waals surface area contributed by atoms with Gasteiger partial charge in [0.05, 0.1) is 18.3 Å². The van der Waals surface area contributed by atoms with Crippen LogP contribution in [0.3, 0.4) is 0 Å². The van der Waals surface area contributed by atoms with Gasteiger partial charge in [-0.05, 0) is 19.8 Å². The van der Waals surface area contributed by atoms with Crippen LogP contribution in [0.15, 0.2) is 0 Å². The van der Waals surface area contributed by atoms with Gasteiger partial charge in [0.2, 0.25) is 0 Å². The van der Waals surface area contributed by atoms with Crippen LogP contribution in [-0.4, -0.2) is 40.1 Å². The summed E-state index contributed by atoms with van der Waals surface area (Å²) in [7, 11) is 2.01. The highest BCUT2D eigenvalue weighted by atomic mass is 16.3. The molecule has 2 rings (SSSR count). The summed E-state index contributed by atoms with van der Waals surface area (Å²) in [5.41, 5.74) is 2.35. The van der Waals surface area contributed by atoms with Gasteiger partial charge in [-0.1, -0.05) is 26.7 Å². The Balaban J connectivity index is 2.31. The first kappa shape index (κ1) is 16.3. The second-order valence-corrected chi connectivity index (χ2v) is 6.43. The third-order valence-corrected chi connectivity index (χ3v) is 4.36. The minimum Gasteiger partial charge on any atom is -0.394 e. The molecule has 5 nitrogen and oxygen atoms in total. The van der Waals surface area contributed by atoms with Crippen molar-refractivity contribution in [1.29, 1.82) is 0 Å². The first-order valence-electron chi connectivity index (χ1n) is 8.18. The van der Waals surface area contributed by atoms with Crippen LogP contribution in [0.25, 0.3) is 0 Å². The molecule has 1 saturated heterocycles. The standard InChI is InChI=1S/C16H30N4O/c1-12(2)17-10-15-13(3)18-19(4)16(15)20-9-7-5-6-8-14(20)11-21/h12,14,17,21H,5-11H2,1-4H3. The van der Waals surface area contributed by atoms with Crippen molar-refractivity contribution in [3.8, 4) is 0 Å². The molecular formula is C16H30N4O. The number of aromatic nitrogens is 2. The van der Waals surface area contributed by atoms with E-state index in [2.05, 4.69) is 36.1 Å². The minimum absolute atomic E-state index is 0.222. The Kier molecular flexibility index (Phi) is 5.65. The van der Waals surface area contributed by atoms with Crippen LogP contribution in [0.4, 0.5) is 5.82 Å². The van der Waals surface area contributed by atoms with E-state index in [4.69, 9.17) is 0 Å². The molecule has 120 valence electrons. The van der Waals surface area contributed by atoms with E-state index in [0.717, 1.165) is 25.2 Å². The molecule has 0 aromatic carbocycles. The van der Waals surface area contributed by atoms with Gasteiger partial charge in [0.1, 0.15) is 5.82 Å². The number of rotatable bonds is 5. The Morgan fingerprint density at radius 1 is 1.33 bits per heavy atom. The Hall–Kier alpha value is -1.07. The Bertz CT molecular complexity index is 455. The molecule has 5 heteroatoms. The van der Waals surface area contributed by atoms with Crippen molar-refractivity contribution >= 4 is 5.82 Å². The summed E-state index contributed by atoms with van der Waals surface area (Å²) in [5.74, 6) is 1.18. The zero-order chi connectivity index (χ0) is 15.4. The number of aliphatic hydroxyl groups is 1. The number of aryl methyl sites for hydroxylation is 2. The van der Waals surface area contributed by atoms with Gasteiger partial charge >= 0.3 is 0 Å². The summed E-state index contributed by atoms with van der Waals surface area (Å²) in [6.07, 6.45) is 4.72. The number of anilines is 1. The SMILES string of the molecule is Cc1nn(C)c(N2CCCCCC2CO)c1CNC(C)C. The topological polar surface area (TPSA) is 53.3 Å². The molecular weight excluding hydrogens is 264 g/mol. The van der Waals surface area contributed by atoms with E-state index in [0.29, 0.717) is 6.04 Å². The van der Waals surface area contributed by atoms with Crippen LogP contribution < -0.4 is 10.2 Å². The number of hydrogen-bond acceptors (Lipinski definition) is 4. The summed E-state index contributed by atoms with van der Waals surface area (Å²) in [6.45, 7) is 8.47. The second kappa shape index (κ2) is 7.27. The Morgan fingerprint density at radius 3 is 2.76 bits per heavy atom. The van der Waals surface area contributed by atoms with Crippen molar-refractivity contribution in [2.24, 2.45) is 7.05 Å². The van der Waals surface area contributed by atoms with Gasteiger partial charge in [-0.2, -0.15) is 5.10 Å². The number of hydrogen-bond donors (Lipinski definition) is 2. The lowest BCUT2D eigenvalue weighted by Gasteiger charge is -2.31. The predicted molar refractivity (Wildman–Crippen MR) is 86.6 cm³/mol. The largest absolute Gasteiger partial charge is 0.394 e. The van der Waals surface area contributed by atoms with E-state index in [1.54, 1.807) is 0 Å². The molecule has 2 N–H and O–H groups in total. The van der Waals surface area contributed by atoms with Crippen molar-refractivity contribution in [3.05, 3.63) is 11.3 Å². The first-order valence-corrected chi connectivity index (χ1v) is 8.18. The van der Waals surface area contributed by atoms with Crippen LogP contribution in [0.5, 0.6) is 0 Å². The predicted octanol–water partition coefficient (Wildman–Crippen LogP) is 1.97. The molecule has 1 fully saturated rings. The summed E-state index contributed by atoms with van der Waals surface area (Å²) in [6, 6.07) is 0.676. The maximum atomic E-state index is 9.77. The second-order valence-electron chi connectivity index (χ2n) is 6.43. The fourth-order valence-corrected chi connectivity index (χ4v) is 3.21. The summed E-state index contributed by atoms with van der Waals surface area (Å²) in [4.78, 5) is 2.38. The Labute approximate surface area is 128 Å². The molecule has 0 aliphatic carbocycles. The molecule has 21 heavy (non-hydrogen) atoms. The highest BCUT2D eigenvalue weighted by Gasteiger charge is 2.26. The molecule has 0 radical (unpaired) electrons. The van der Waals surface area contributed by atoms with Crippen LogP contribution in [-0.2, 0) is 13.6 Å². The fraction of sp³-hybridized carbons (Fsp3) is 0.812. The first-order chi connectivity index (χ1) is 10.0. The smallest absolute Gasteiger partial charge is 0.131 e. The molecule has 0 saturated carbocycles. The van der Waals surface area contributed by atoms with Gasteiger partial charge in [-0.3, -0.25) is 4.68 Å². The molecule has 1 aromatic rings.